The fourth-order valence-electron chi connectivity index (χ4n) is 1.83. The molecule has 1 aromatic rings. The molecule has 1 aliphatic rings. The van der Waals surface area contributed by atoms with Crippen LogP contribution in [-0.4, -0.2) is 38.9 Å². The van der Waals surface area contributed by atoms with Crippen LogP contribution < -0.4 is 4.73 Å². The quantitative estimate of drug-likeness (QED) is 0.263. The minimum Gasteiger partial charge on any atom is -0.675 e. The number of nitrogens with one attached hydrogen (secondary N) is 1. The molecule has 0 spiro atoms. The predicted molar refractivity (Wildman–Crippen MR) is 51.7 cm³/mol. The van der Waals surface area contributed by atoms with Crippen LogP contribution in [0.1, 0.15) is 18.2 Å². The molecule has 3 atom stereocenters. The van der Waals surface area contributed by atoms with Gasteiger partial charge in [0, 0.05) is 6.42 Å². The molecule has 1 aromatic heterocycles. The van der Waals surface area contributed by atoms with Crippen molar-refractivity contribution in [1.29, 1.82) is 0 Å². The summed E-state index contributed by atoms with van der Waals surface area (Å²) < 4.78 is 5.30. The number of hydrogen-bond acceptors (Lipinski definition) is 6. The first-order valence-corrected chi connectivity index (χ1v) is 4.94. The van der Waals surface area contributed by atoms with Gasteiger partial charge >= 0.3 is 5.95 Å². The van der Waals surface area contributed by atoms with Crippen molar-refractivity contribution in [2.45, 2.75) is 24.7 Å². The Morgan fingerprint density at radius 2 is 2.41 bits per heavy atom. The Kier molecular flexibility index (Phi) is 2.96. The monoisotopic (exact) mass is 245 g/mol. The van der Waals surface area contributed by atoms with Crippen molar-refractivity contribution < 1.29 is 24.6 Å². The Hall–Kier alpha value is -1.71. The lowest BCUT2D eigenvalue weighted by atomic mass is 10.1. The van der Waals surface area contributed by atoms with Crippen molar-refractivity contribution in [3.8, 4) is 0 Å². The van der Waals surface area contributed by atoms with Gasteiger partial charge in [0.25, 0.3) is 0 Å². The van der Waals surface area contributed by atoms with Gasteiger partial charge in [-0.25, -0.2) is 0 Å². The standard InChI is InChI=1S/C8H11N3O6/c12-3-4-1-6(13)7(17-4)5-2-9-8(10(5)14)11(15)16/h2,4,6-7,9,12-13H,1,3H2/t4-,6+,7-/m0/s1. The zero-order valence-corrected chi connectivity index (χ0v) is 8.65. The van der Waals surface area contributed by atoms with Crippen molar-refractivity contribution in [3.05, 3.63) is 27.2 Å². The molecular formula is C8H11N3O6. The SMILES string of the molecule is O=[N+]([O-])c1[nH]cc([C@@H]2O[C@H](CO)C[C@H]2O)[n+]1[O-]. The van der Waals surface area contributed by atoms with Gasteiger partial charge in [0.1, 0.15) is 0 Å². The van der Waals surface area contributed by atoms with Crippen LogP contribution in [-0.2, 0) is 4.74 Å². The highest BCUT2D eigenvalue weighted by Crippen LogP contribution is 2.31. The first kappa shape index (κ1) is 11.8. The van der Waals surface area contributed by atoms with Crippen LogP contribution in [0.4, 0.5) is 5.95 Å². The van der Waals surface area contributed by atoms with Crippen molar-refractivity contribution >= 4 is 5.95 Å². The molecule has 1 fully saturated rings. The Morgan fingerprint density at radius 1 is 1.71 bits per heavy atom. The molecule has 17 heavy (non-hydrogen) atoms. The van der Waals surface area contributed by atoms with Gasteiger partial charge in [-0.3, -0.25) is 0 Å². The molecule has 0 aliphatic carbocycles. The molecule has 0 bridgehead atoms. The van der Waals surface area contributed by atoms with E-state index in [0.717, 1.165) is 6.20 Å². The van der Waals surface area contributed by atoms with E-state index in [1.807, 2.05) is 0 Å². The summed E-state index contributed by atoms with van der Waals surface area (Å²) in [5.41, 5.74) is -0.0693. The van der Waals surface area contributed by atoms with Crippen molar-refractivity contribution in [3.63, 3.8) is 0 Å². The van der Waals surface area contributed by atoms with Gasteiger partial charge in [-0.15, -0.1) is 4.73 Å². The highest BCUT2D eigenvalue weighted by atomic mass is 16.6. The molecular weight excluding hydrogens is 234 g/mol. The first-order valence-electron chi connectivity index (χ1n) is 4.94. The van der Waals surface area contributed by atoms with E-state index in [2.05, 4.69) is 4.98 Å². The third-order valence-corrected chi connectivity index (χ3v) is 2.64. The molecule has 2 rings (SSSR count). The molecule has 0 radical (unpaired) electrons. The molecule has 0 aromatic carbocycles. The number of rotatable bonds is 3. The molecule has 2 heterocycles. The Bertz CT molecular complexity index is 433. The van der Waals surface area contributed by atoms with E-state index in [0.29, 0.717) is 0 Å². The van der Waals surface area contributed by atoms with Gasteiger partial charge in [-0.2, -0.15) is 4.98 Å². The van der Waals surface area contributed by atoms with Crippen LogP contribution in [0.15, 0.2) is 6.20 Å². The Morgan fingerprint density at radius 3 is 2.88 bits per heavy atom. The number of aromatic nitrogens is 2. The lowest BCUT2D eigenvalue weighted by Gasteiger charge is -2.11. The highest BCUT2D eigenvalue weighted by Gasteiger charge is 2.41. The number of nitrogens with zero attached hydrogens (tertiary/aromatic N) is 2. The summed E-state index contributed by atoms with van der Waals surface area (Å²) >= 11 is 0. The molecule has 0 amide bonds. The third kappa shape index (κ3) is 1.95. The molecule has 3 N–H and O–H groups in total. The molecule has 0 saturated carbocycles. The molecule has 1 aliphatic heterocycles. The zero-order chi connectivity index (χ0) is 12.6. The lowest BCUT2D eigenvalue weighted by Crippen LogP contribution is -2.35. The van der Waals surface area contributed by atoms with Crippen LogP contribution in [0.3, 0.4) is 0 Å². The molecule has 9 heteroatoms. The average molecular weight is 245 g/mol. The maximum absolute atomic E-state index is 11.5. The topological polar surface area (TPSA) is 136 Å². The van der Waals surface area contributed by atoms with Gasteiger partial charge in [0.15, 0.2) is 12.3 Å². The maximum atomic E-state index is 11.5. The largest absolute Gasteiger partial charge is 0.675 e. The third-order valence-electron chi connectivity index (χ3n) is 2.64. The van der Waals surface area contributed by atoms with Gasteiger partial charge in [-0.1, -0.05) is 0 Å². The number of aliphatic hydroxyl groups is 2. The van der Waals surface area contributed by atoms with E-state index < -0.39 is 29.2 Å². The van der Waals surface area contributed by atoms with E-state index in [1.165, 1.54) is 0 Å². The van der Waals surface area contributed by atoms with Crippen LogP contribution in [0.25, 0.3) is 0 Å². The Labute approximate surface area is 95.0 Å². The smallest absolute Gasteiger partial charge is 0.583 e. The lowest BCUT2D eigenvalue weighted by molar-refractivity contribution is -0.673. The second-order valence-electron chi connectivity index (χ2n) is 3.75. The number of aliphatic hydroxyl groups excluding tert-OH is 2. The second kappa shape index (κ2) is 4.28. The minimum absolute atomic E-state index is 0.0693. The summed E-state index contributed by atoms with van der Waals surface area (Å²) in [4.78, 5) is 11.8. The molecule has 1 saturated heterocycles. The number of ether oxygens (including phenoxy) is 1. The summed E-state index contributed by atoms with van der Waals surface area (Å²) in [6.07, 6.45) is -1.19. The summed E-state index contributed by atoms with van der Waals surface area (Å²) in [7, 11) is 0. The summed E-state index contributed by atoms with van der Waals surface area (Å²) in [5.74, 6) is -0.733. The van der Waals surface area contributed by atoms with Crippen LogP contribution in [0, 0.1) is 15.3 Å². The number of H-pyrrole nitrogens is 1. The molecule has 94 valence electrons. The van der Waals surface area contributed by atoms with Crippen LogP contribution in [0.2, 0.25) is 0 Å². The normalized spacial score (nSPS) is 28.5. The van der Waals surface area contributed by atoms with Crippen LogP contribution >= 0.6 is 0 Å². The van der Waals surface area contributed by atoms with Gasteiger partial charge < -0.3 is 30.3 Å². The van der Waals surface area contributed by atoms with Gasteiger partial charge in [0.05, 0.1) is 23.7 Å². The Balaban J connectivity index is 2.26. The predicted octanol–water partition coefficient (Wildman–Crippen LogP) is -1.26. The number of aromatic amines is 1. The number of imidazole rings is 1. The number of nitro groups is 1. The van der Waals surface area contributed by atoms with Crippen molar-refractivity contribution in [1.82, 2.24) is 4.98 Å². The summed E-state index contributed by atoms with van der Waals surface area (Å²) in [6.45, 7) is -0.279. The minimum atomic E-state index is -0.970. The second-order valence-corrected chi connectivity index (χ2v) is 3.75. The first-order chi connectivity index (χ1) is 8.04. The van der Waals surface area contributed by atoms with Crippen molar-refractivity contribution in [2.24, 2.45) is 0 Å². The fourth-order valence-corrected chi connectivity index (χ4v) is 1.83. The summed E-state index contributed by atoms with van der Waals surface area (Å²) in [5, 5.41) is 40.5. The van der Waals surface area contributed by atoms with E-state index in [4.69, 9.17) is 9.84 Å². The van der Waals surface area contributed by atoms with Gasteiger partial charge in [0.2, 0.25) is 5.69 Å². The molecule has 9 nitrogen and oxygen atoms in total. The highest BCUT2D eigenvalue weighted by molar-refractivity contribution is 5.07. The molecule has 0 unspecified atom stereocenters. The van der Waals surface area contributed by atoms with E-state index in [1.54, 1.807) is 0 Å². The van der Waals surface area contributed by atoms with Crippen molar-refractivity contribution in [2.75, 3.05) is 6.61 Å². The zero-order valence-electron chi connectivity index (χ0n) is 8.65. The average Bonchev–Trinajstić information content (AvgIpc) is 2.81. The fraction of sp³-hybridized carbons (Fsp3) is 0.625. The summed E-state index contributed by atoms with van der Waals surface area (Å²) in [6, 6.07) is 0. The number of hydrogen-bond donors (Lipinski definition) is 3. The maximum Gasteiger partial charge on any atom is 0.583 e. The van der Waals surface area contributed by atoms with E-state index >= 15 is 0 Å². The van der Waals surface area contributed by atoms with E-state index in [-0.39, 0.29) is 23.5 Å². The van der Waals surface area contributed by atoms with E-state index in [9.17, 15) is 20.4 Å². The van der Waals surface area contributed by atoms with Crippen LogP contribution in [0.5, 0.6) is 0 Å². The van der Waals surface area contributed by atoms with Gasteiger partial charge in [-0.05, 0) is 0 Å².